The maximum atomic E-state index is 11.9. The normalized spacial score (nSPS) is 10.3. The van der Waals surface area contributed by atoms with Crippen LogP contribution in [0.1, 0.15) is 13.8 Å². The Morgan fingerprint density at radius 1 is 1.22 bits per heavy atom. The van der Waals surface area contributed by atoms with Gasteiger partial charge in [-0.3, -0.25) is 4.79 Å². The van der Waals surface area contributed by atoms with E-state index in [0.29, 0.717) is 6.54 Å². The molecule has 0 heterocycles. The van der Waals surface area contributed by atoms with Crippen LogP contribution in [0.15, 0.2) is 24.3 Å². The number of likely N-dealkylation sites (N-methyl/N-ethyl adjacent to an activating group) is 1. The highest BCUT2D eigenvalue weighted by molar-refractivity contribution is 5.82. The molecule has 0 spiro atoms. The molecule has 0 aliphatic carbocycles. The second-order valence-corrected chi connectivity index (χ2v) is 4.86. The number of rotatable bonds is 5. The maximum absolute atomic E-state index is 11.9. The van der Waals surface area contributed by atoms with E-state index in [0.717, 1.165) is 11.4 Å². The van der Waals surface area contributed by atoms with Crippen LogP contribution >= 0.6 is 0 Å². The van der Waals surface area contributed by atoms with E-state index in [1.54, 1.807) is 4.90 Å². The lowest BCUT2D eigenvalue weighted by Gasteiger charge is -2.23. The third kappa shape index (κ3) is 3.65. The van der Waals surface area contributed by atoms with E-state index >= 15 is 0 Å². The van der Waals surface area contributed by atoms with Crippen molar-refractivity contribution in [2.24, 2.45) is 0 Å². The highest BCUT2D eigenvalue weighted by atomic mass is 16.2. The first-order valence-electron chi connectivity index (χ1n) is 6.19. The average Bonchev–Trinajstić information content (AvgIpc) is 2.35. The van der Waals surface area contributed by atoms with Crippen LogP contribution in [0, 0.1) is 0 Å². The molecule has 0 aliphatic heterocycles. The number of nitrogens with zero attached hydrogens (tertiary/aromatic N) is 2. The zero-order valence-electron chi connectivity index (χ0n) is 11.9. The van der Waals surface area contributed by atoms with E-state index in [-0.39, 0.29) is 11.9 Å². The summed E-state index contributed by atoms with van der Waals surface area (Å²) in [5.41, 5.74) is 2.06. The van der Waals surface area contributed by atoms with Crippen molar-refractivity contribution in [3.63, 3.8) is 0 Å². The smallest absolute Gasteiger partial charge is 0.241 e. The lowest BCUT2D eigenvalue weighted by molar-refractivity contribution is -0.129. The van der Waals surface area contributed by atoms with Gasteiger partial charge in [-0.05, 0) is 26.0 Å². The molecular formula is C14H23N3O. The molecule has 0 aromatic heterocycles. The number of carbonyl (C=O) groups excluding carboxylic acids is 1. The number of amides is 1. The van der Waals surface area contributed by atoms with E-state index in [1.165, 1.54) is 0 Å². The minimum atomic E-state index is 0.0959. The van der Waals surface area contributed by atoms with Gasteiger partial charge in [0, 0.05) is 27.2 Å². The van der Waals surface area contributed by atoms with Crippen molar-refractivity contribution in [3.8, 4) is 0 Å². The average molecular weight is 249 g/mol. The Hall–Kier alpha value is -1.71. The third-order valence-corrected chi connectivity index (χ3v) is 2.98. The highest BCUT2D eigenvalue weighted by Gasteiger charge is 2.12. The predicted octanol–water partition coefficient (Wildman–Crippen LogP) is 2.03. The Balaban J connectivity index is 2.67. The monoisotopic (exact) mass is 249 g/mol. The second kappa shape index (κ2) is 6.28. The molecule has 0 fully saturated rings. The summed E-state index contributed by atoms with van der Waals surface area (Å²) < 4.78 is 0. The van der Waals surface area contributed by atoms with E-state index < -0.39 is 0 Å². The van der Waals surface area contributed by atoms with Crippen LogP contribution < -0.4 is 10.2 Å². The second-order valence-electron chi connectivity index (χ2n) is 4.86. The van der Waals surface area contributed by atoms with Crippen LogP contribution in [-0.2, 0) is 4.79 Å². The maximum Gasteiger partial charge on any atom is 0.241 e. The van der Waals surface area contributed by atoms with Gasteiger partial charge in [-0.15, -0.1) is 0 Å². The summed E-state index contributed by atoms with van der Waals surface area (Å²) in [5.74, 6) is 0.0959. The summed E-state index contributed by atoms with van der Waals surface area (Å²) in [4.78, 5) is 15.7. The van der Waals surface area contributed by atoms with Crippen molar-refractivity contribution in [3.05, 3.63) is 24.3 Å². The Bertz CT molecular complexity index is 402. The number of para-hydroxylation sites is 2. The van der Waals surface area contributed by atoms with Crippen LogP contribution in [0.2, 0.25) is 0 Å². The molecule has 18 heavy (non-hydrogen) atoms. The van der Waals surface area contributed by atoms with Gasteiger partial charge in [0.15, 0.2) is 0 Å². The molecular weight excluding hydrogens is 226 g/mol. The largest absolute Gasteiger partial charge is 0.376 e. The van der Waals surface area contributed by atoms with Crippen molar-refractivity contribution in [1.29, 1.82) is 0 Å². The van der Waals surface area contributed by atoms with Crippen LogP contribution in [0.3, 0.4) is 0 Å². The van der Waals surface area contributed by atoms with Crippen molar-refractivity contribution >= 4 is 17.3 Å². The SMILES string of the molecule is CC(C)N(C)C(=O)CNc1ccccc1N(C)C. The van der Waals surface area contributed by atoms with Crippen LogP contribution in [0.25, 0.3) is 0 Å². The first kappa shape index (κ1) is 14.4. The van der Waals surface area contributed by atoms with Gasteiger partial charge in [-0.1, -0.05) is 12.1 Å². The molecule has 0 aliphatic rings. The van der Waals surface area contributed by atoms with Crippen molar-refractivity contribution in [1.82, 2.24) is 4.90 Å². The molecule has 4 heteroatoms. The van der Waals surface area contributed by atoms with Gasteiger partial charge < -0.3 is 15.1 Å². The van der Waals surface area contributed by atoms with Crippen LogP contribution in [-0.4, -0.2) is 44.5 Å². The minimum absolute atomic E-state index is 0.0959. The van der Waals surface area contributed by atoms with E-state index in [9.17, 15) is 4.79 Å². The standard InChI is InChI=1S/C14H23N3O/c1-11(2)17(5)14(18)10-15-12-8-6-7-9-13(12)16(3)4/h6-9,11,15H,10H2,1-5H3. The van der Waals surface area contributed by atoms with Crippen LogP contribution in [0.5, 0.6) is 0 Å². The highest BCUT2D eigenvalue weighted by Crippen LogP contribution is 2.23. The van der Waals surface area contributed by atoms with Crippen molar-refractivity contribution in [2.45, 2.75) is 19.9 Å². The Labute approximate surface area is 110 Å². The molecule has 0 radical (unpaired) electrons. The zero-order chi connectivity index (χ0) is 13.7. The molecule has 0 saturated carbocycles. The summed E-state index contributed by atoms with van der Waals surface area (Å²) in [6.45, 7) is 4.33. The van der Waals surface area contributed by atoms with Gasteiger partial charge in [-0.25, -0.2) is 0 Å². The first-order chi connectivity index (χ1) is 8.43. The van der Waals surface area contributed by atoms with Gasteiger partial charge in [0.05, 0.1) is 17.9 Å². The predicted molar refractivity (Wildman–Crippen MR) is 77.2 cm³/mol. The molecule has 100 valence electrons. The number of nitrogens with one attached hydrogen (secondary N) is 1. The van der Waals surface area contributed by atoms with Gasteiger partial charge in [-0.2, -0.15) is 0 Å². The minimum Gasteiger partial charge on any atom is -0.376 e. The fourth-order valence-corrected chi connectivity index (χ4v) is 1.60. The van der Waals surface area contributed by atoms with Gasteiger partial charge >= 0.3 is 0 Å². The molecule has 1 amide bonds. The van der Waals surface area contributed by atoms with E-state index in [4.69, 9.17) is 0 Å². The van der Waals surface area contributed by atoms with Gasteiger partial charge in [0.2, 0.25) is 5.91 Å². The number of anilines is 2. The molecule has 1 N–H and O–H groups in total. The van der Waals surface area contributed by atoms with Crippen molar-refractivity contribution in [2.75, 3.05) is 37.9 Å². The fourth-order valence-electron chi connectivity index (χ4n) is 1.60. The number of carbonyl (C=O) groups is 1. The summed E-state index contributed by atoms with van der Waals surface area (Å²) >= 11 is 0. The number of hydrogen-bond acceptors (Lipinski definition) is 3. The van der Waals surface area contributed by atoms with Crippen molar-refractivity contribution < 1.29 is 4.79 Å². The molecule has 0 unspecified atom stereocenters. The summed E-state index contributed by atoms with van der Waals surface area (Å²) in [6.07, 6.45) is 0. The summed E-state index contributed by atoms with van der Waals surface area (Å²) in [6, 6.07) is 8.19. The van der Waals surface area contributed by atoms with E-state index in [1.807, 2.05) is 64.2 Å². The van der Waals surface area contributed by atoms with Crippen LogP contribution in [0.4, 0.5) is 11.4 Å². The molecule has 0 bridgehead atoms. The third-order valence-electron chi connectivity index (χ3n) is 2.98. The summed E-state index contributed by atoms with van der Waals surface area (Å²) in [5, 5.41) is 3.20. The van der Waals surface area contributed by atoms with Gasteiger partial charge in [0.1, 0.15) is 0 Å². The molecule has 0 atom stereocenters. The molecule has 4 nitrogen and oxygen atoms in total. The Kier molecular flexibility index (Phi) is 5.01. The fraction of sp³-hybridized carbons (Fsp3) is 0.500. The lowest BCUT2D eigenvalue weighted by atomic mass is 10.2. The van der Waals surface area contributed by atoms with Gasteiger partial charge in [0.25, 0.3) is 0 Å². The number of benzene rings is 1. The topological polar surface area (TPSA) is 35.6 Å². The van der Waals surface area contributed by atoms with E-state index in [2.05, 4.69) is 5.32 Å². The Morgan fingerprint density at radius 3 is 2.39 bits per heavy atom. The first-order valence-corrected chi connectivity index (χ1v) is 6.19. The Morgan fingerprint density at radius 2 is 1.83 bits per heavy atom. The molecule has 1 aromatic rings. The zero-order valence-corrected chi connectivity index (χ0v) is 11.9. The molecule has 1 rings (SSSR count). The summed E-state index contributed by atoms with van der Waals surface area (Å²) in [7, 11) is 5.80. The molecule has 0 saturated heterocycles. The number of hydrogen-bond donors (Lipinski definition) is 1. The molecule has 1 aromatic carbocycles. The quantitative estimate of drug-likeness (QED) is 0.867. The lowest BCUT2D eigenvalue weighted by Crippen LogP contribution is -2.37.